The smallest absolute Gasteiger partial charge is 0.165 e. The molecular weight excluding hydrogens is 243 g/mol. The monoisotopic (exact) mass is 260 g/mol. The molecule has 0 saturated carbocycles. The topological polar surface area (TPSA) is 29.5 Å². The van der Waals surface area contributed by atoms with Gasteiger partial charge in [-0.15, -0.1) is 0 Å². The summed E-state index contributed by atoms with van der Waals surface area (Å²) in [6, 6.07) is 14.0. The van der Waals surface area contributed by atoms with Crippen molar-refractivity contribution in [1.29, 1.82) is 0 Å². The summed E-state index contributed by atoms with van der Waals surface area (Å²) in [7, 11) is 0. The number of aliphatic hydroxyl groups is 1. The van der Waals surface area contributed by atoms with Gasteiger partial charge in [-0.1, -0.05) is 36.4 Å². The van der Waals surface area contributed by atoms with E-state index in [1.165, 1.54) is 12.1 Å². The number of hydrogen-bond acceptors (Lipinski definition) is 2. The van der Waals surface area contributed by atoms with Gasteiger partial charge in [-0.3, -0.25) is 0 Å². The van der Waals surface area contributed by atoms with E-state index in [0.29, 0.717) is 12.2 Å². The average Bonchev–Trinajstić information content (AvgIpc) is 2.37. The second-order valence-corrected chi connectivity index (χ2v) is 4.98. The standard InChI is InChI=1S/C16H17FO2/c1-16(2,18)13-8-9-14(17)15(10-13)19-11-12-6-4-3-5-7-12/h3-10,18H,11H2,1-2H3. The first kappa shape index (κ1) is 13.6. The first-order chi connectivity index (χ1) is 8.97. The second-order valence-electron chi connectivity index (χ2n) is 4.98. The Morgan fingerprint density at radius 1 is 1.11 bits per heavy atom. The Morgan fingerprint density at radius 3 is 2.42 bits per heavy atom. The molecule has 1 N–H and O–H groups in total. The molecule has 19 heavy (non-hydrogen) atoms. The third kappa shape index (κ3) is 3.55. The Bertz CT molecular complexity index is 544. The predicted octanol–water partition coefficient (Wildman–Crippen LogP) is 3.63. The van der Waals surface area contributed by atoms with Gasteiger partial charge in [0.2, 0.25) is 0 Å². The van der Waals surface area contributed by atoms with E-state index in [9.17, 15) is 9.50 Å². The summed E-state index contributed by atoms with van der Waals surface area (Å²) in [5, 5.41) is 9.91. The Kier molecular flexibility index (Phi) is 3.86. The lowest BCUT2D eigenvalue weighted by atomic mass is 9.98. The van der Waals surface area contributed by atoms with Crippen LogP contribution in [0.25, 0.3) is 0 Å². The number of ether oxygens (including phenoxy) is 1. The van der Waals surface area contributed by atoms with Crippen LogP contribution in [0.1, 0.15) is 25.0 Å². The number of hydrogen-bond donors (Lipinski definition) is 1. The van der Waals surface area contributed by atoms with E-state index in [1.54, 1.807) is 19.9 Å². The third-order valence-corrected chi connectivity index (χ3v) is 2.87. The van der Waals surface area contributed by atoms with Crippen LogP contribution in [0.15, 0.2) is 48.5 Å². The summed E-state index contributed by atoms with van der Waals surface area (Å²) in [6.07, 6.45) is 0. The molecule has 0 fully saturated rings. The van der Waals surface area contributed by atoms with Crippen LogP contribution >= 0.6 is 0 Å². The van der Waals surface area contributed by atoms with Gasteiger partial charge in [-0.05, 0) is 37.1 Å². The molecule has 0 amide bonds. The minimum atomic E-state index is -1.02. The van der Waals surface area contributed by atoms with Crippen molar-refractivity contribution in [3.8, 4) is 5.75 Å². The first-order valence-corrected chi connectivity index (χ1v) is 6.16. The Morgan fingerprint density at radius 2 is 1.79 bits per heavy atom. The number of halogens is 1. The van der Waals surface area contributed by atoms with Crippen molar-refractivity contribution in [2.75, 3.05) is 0 Å². The molecule has 0 heterocycles. The molecule has 0 unspecified atom stereocenters. The van der Waals surface area contributed by atoms with E-state index in [4.69, 9.17) is 4.74 Å². The highest BCUT2D eigenvalue weighted by Gasteiger charge is 2.18. The minimum Gasteiger partial charge on any atom is -0.486 e. The molecule has 100 valence electrons. The van der Waals surface area contributed by atoms with Crippen molar-refractivity contribution in [3.05, 3.63) is 65.5 Å². The van der Waals surface area contributed by atoms with E-state index in [2.05, 4.69) is 0 Å². The molecule has 3 heteroatoms. The molecule has 0 atom stereocenters. The van der Waals surface area contributed by atoms with Gasteiger partial charge in [0.15, 0.2) is 11.6 Å². The quantitative estimate of drug-likeness (QED) is 0.909. The molecule has 0 aliphatic rings. The van der Waals surface area contributed by atoms with Crippen molar-refractivity contribution in [3.63, 3.8) is 0 Å². The van der Waals surface area contributed by atoms with Crippen LogP contribution in [0.3, 0.4) is 0 Å². The van der Waals surface area contributed by atoms with Crippen LogP contribution in [0.5, 0.6) is 5.75 Å². The third-order valence-electron chi connectivity index (χ3n) is 2.87. The van der Waals surface area contributed by atoms with Gasteiger partial charge >= 0.3 is 0 Å². The summed E-state index contributed by atoms with van der Waals surface area (Å²) in [5.41, 5.74) is 0.575. The van der Waals surface area contributed by atoms with Crippen LogP contribution in [0.2, 0.25) is 0 Å². The van der Waals surface area contributed by atoms with E-state index >= 15 is 0 Å². The molecule has 2 nitrogen and oxygen atoms in total. The normalized spacial score (nSPS) is 11.4. The fraction of sp³-hybridized carbons (Fsp3) is 0.250. The van der Waals surface area contributed by atoms with Crippen molar-refractivity contribution in [1.82, 2.24) is 0 Å². The SMILES string of the molecule is CC(C)(O)c1ccc(F)c(OCc2ccccc2)c1. The second kappa shape index (κ2) is 5.41. The zero-order valence-electron chi connectivity index (χ0n) is 11.1. The van der Waals surface area contributed by atoms with Gasteiger partial charge in [0, 0.05) is 0 Å². The zero-order valence-corrected chi connectivity index (χ0v) is 11.1. The molecule has 0 radical (unpaired) electrons. The summed E-state index contributed by atoms with van der Waals surface area (Å²) in [4.78, 5) is 0. The largest absolute Gasteiger partial charge is 0.486 e. The molecule has 0 aliphatic heterocycles. The van der Waals surface area contributed by atoms with Crippen LogP contribution in [-0.4, -0.2) is 5.11 Å². The van der Waals surface area contributed by atoms with Gasteiger partial charge in [0.05, 0.1) is 5.60 Å². The van der Waals surface area contributed by atoms with Crippen molar-refractivity contribution in [2.24, 2.45) is 0 Å². The van der Waals surface area contributed by atoms with Crippen molar-refractivity contribution < 1.29 is 14.2 Å². The summed E-state index contributed by atoms with van der Waals surface area (Å²) >= 11 is 0. The molecule has 0 aromatic heterocycles. The zero-order chi connectivity index (χ0) is 13.9. The minimum absolute atomic E-state index is 0.156. The molecule has 2 rings (SSSR count). The number of benzene rings is 2. The van der Waals surface area contributed by atoms with Gasteiger partial charge in [0.25, 0.3) is 0 Å². The van der Waals surface area contributed by atoms with Crippen molar-refractivity contribution in [2.45, 2.75) is 26.1 Å². The summed E-state index contributed by atoms with van der Waals surface area (Å²) in [6.45, 7) is 3.61. The van der Waals surface area contributed by atoms with E-state index in [1.807, 2.05) is 30.3 Å². The predicted molar refractivity (Wildman–Crippen MR) is 72.4 cm³/mol. The Hall–Kier alpha value is -1.87. The highest BCUT2D eigenvalue weighted by molar-refractivity contribution is 5.33. The lowest BCUT2D eigenvalue weighted by Gasteiger charge is -2.19. The van der Waals surface area contributed by atoms with Crippen LogP contribution < -0.4 is 4.74 Å². The van der Waals surface area contributed by atoms with Gasteiger partial charge in [-0.2, -0.15) is 0 Å². The highest BCUT2D eigenvalue weighted by Crippen LogP contribution is 2.26. The average molecular weight is 260 g/mol. The molecule has 2 aromatic rings. The van der Waals surface area contributed by atoms with E-state index < -0.39 is 11.4 Å². The molecule has 0 aliphatic carbocycles. The summed E-state index contributed by atoms with van der Waals surface area (Å²) in [5.74, 6) is -0.271. The van der Waals surface area contributed by atoms with Gasteiger partial charge in [-0.25, -0.2) is 4.39 Å². The van der Waals surface area contributed by atoms with Crippen LogP contribution in [0, 0.1) is 5.82 Å². The first-order valence-electron chi connectivity index (χ1n) is 6.16. The Labute approximate surface area is 112 Å². The molecule has 0 saturated heterocycles. The van der Waals surface area contributed by atoms with Crippen LogP contribution in [-0.2, 0) is 12.2 Å². The fourth-order valence-electron chi connectivity index (χ4n) is 1.73. The Balaban J connectivity index is 2.16. The van der Waals surface area contributed by atoms with E-state index in [0.717, 1.165) is 5.56 Å². The maximum Gasteiger partial charge on any atom is 0.165 e. The molecule has 0 spiro atoms. The van der Waals surface area contributed by atoms with Crippen molar-refractivity contribution >= 4 is 0 Å². The lowest BCUT2D eigenvalue weighted by Crippen LogP contribution is -2.15. The maximum atomic E-state index is 13.7. The van der Waals surface area contributed by atoms with Gasteiger partial charge < -0.3 is 9.84 Å². The molecule has 2 aromatic carbocycles. The van der Waals surface area contributed by atoms with Crippen LogP contribution in [0.4, 0.5) is 4.39 Å². The number of rotatable bonds is 4. The molecular formula is C16H17FO2. The highest BCUT2D eigenvalue weighted by atomic mass is 19.1. The van der Waals surface area contributed by atoms with E-state index in [-0.39, 0.29) is 5.75 Å². The lowest BCUT2D eigenvalue weighted by molar-refractivity contribution is 0.0781. The fourth-order valence-corrected chi connectivity index (χ4v) is 1.73. The maximum absolute atomic E-state index is 13.7. The molecule has 0 bridgehead atoms. The van der Waals surface area contributed by atoms with Gasteiger partial charge in [0.1, 0.15) is 6.61 Å². The summed E-state index contributed by atoms with van der Waals surface area (Å²) < 4.78 is 19.1.